The van der Waals surface area contributed by atoms with E-state index in [9.17, 15) is 14.0 Å². The SMILES string of the molecule is COc1ccc([C@H]2[C@H](NC(=O)c3ccc(F)cc3)C(=O)N/[N+]2=C\c2ccc(N(C)C)cc2)cc1. The summed E-state index contributed by atoms with van der Waals surface area (Å²) in [6.07, 6.45) is 1.83. The van der Waals surface area contributed by atoms with E-state index < -0.39 is 23.8 Å². The summed E-state index contributed by atoms with van der Waals surface area (Å²) in [5.74, 6) is -0.566. The molecule has 0 bridgehead atoms. The molecule has 1 aliphatic rings. The van der Waals surface area contributed by atoms with E-state index in [4.69, 9.17) is 4.74 Å². The Morgan fingerprint density at radius 3 is 2.26 bits per heavy atom. The Labute approximate surface area is 197 Å². The zero-order valence-electron chi connectivity index (χ0n) is 19.2. The van der Waals surface area contributed by atoms with E-state index in [2.05, 4.69) is 10.7 Å². The number of hydrogen-bond acceptors (Lipinski definition) is 4. The van der Waals surface area contributed by atoms with E-state index in [0.717, 1.165) is 16.8 Å². The van der Waals surface area contributed by atoms with E-state index >= 15 is 0 Å². The third-order valence-corrected chi connectivity index (χ3v) is 5.69. The molecule has 1 aliphatic heterocycles. The number of benzene rings is 3. The van der Waals surface area contributed by atoms with Crippen LogP contribution < -0.4 is 20.4 Å². The summed E-state index contributed by atoms with van der Waals surface area (Å²) in [5.41, 5.74) is 5.87. The molecule has 1 heterocycles. The fourth-order valence-electron chi connectivity index (χ4n) is 3.83. The summed E-state index contributed by atoms with van der Waals surface area (Å²) in [6, 6.07) is 19.0. The molecule has 0 aromatic heterocycles. The number of nitrogens with zero attached hydrogens (tertiary/aromatic N) is 2. The van der Waals surface area contributed by atoms with E-state index in [1.807, 2.05) is 61.6 Å². The van der Waals surface area contributed by atoms with Crippen molar-refractivity contribution in [3.05, 3.63) is 95.3 Å². The first-order valence-corrected chi connectivity index (χ1v) is 10.8. The predicted molar refractivity (Wildman–Crippen MR) is 128 cm³/mol. The summed E-state index contributed by atoms with van der Waals surface area (Å²) in [4.78, 5) is 27.8. The molecule has 1 fully saturated rings. The first-order chi connectivity index (χ1) is 16.4. The molecular formula is C26H26FN4O3+. The van der Waals surface area contributed by atoms with E-state index in [-0.39, 0.29) is 11.5 Å². The minimum Gasteiger partial charge on any atom is -0.497 e. The highest BCUT2D eigenvalue weighted by Gasteiger charge is 2.47. The lowest BCUT2D eigenvalue weighted by atomic mass is 9.99. The van der Waals surface area contributed by atoms with Crippen LogP contribution in [0.15, 0.2) is 72.8 Å². The van der Waals surface area contributed by atoms with Crippen LogP contribution in [-0.2, 0) is 4.79 Å². The number of methoxy groups -OCH3 is 1. The van der Waals surface area contributed by atoms with Gasteiger partial charge >= 0.3 is 5.91 Å². The molecule has 8 heteroatoms. The van der Waals surface area contributed by atoms with Crippen molar-refractivity contribution in [2.45, 2.75) is 12.1 Å². The van der Waals surface area contributed by atoms with Crippen LogP contribution in [0.4, 0.5) is 10.1 Å². The number of rotatable bonds is 6. The summed E-state index contributed by atoms with van der Waals surface area (Å²) in [6.45, 7) is 0. The van der Waals surface area contributed by atoms with Gasteiger partial charge in [0, 0.05) is 36.5 Å². The molecule has 1 saturated heterocycles. The zero-order chi connectivity index (χ0) is 24.2. The first-order valence-electron chi connectivity index (χ1n) is 10.8. The Hall–Kier alpha value is -4.20. The molecule has 34 heavy (non-hydrogen) atoms. The fourth-order valence-corrected chi connectivity index (χ4v) is 3.83. The highest BCUT2D eigenvalue weighted by Crippen LogP contribution is 2.27. The molecule has 0 spiro atoms. The van der Waals surface area contributed by atoms with Crippen molar-refractivity contribution >= 4 is 23.7 Å². The maximum absolute atomic E-state index is 13.3. The third kappa shape index (κ3) is 4.91. The van der Waals surface area contributed by atoms with Gasteiger partial charge in [-0.15, -0.1) is 10.1 Å². The second-order valence-corrected chi connectivity index (χ2v) is 8.17. The number of ether oxygens (including phenoxy) is 1. The van der Waals surface area contributed by atoms with Gasteiger partial charge in [0.25, 0.3) is 5.91 Å². The summed E-state index contributed by atoms with van der Waals surface area (Å²) in [5, 5.41) is 2.81. The number of amides is 2. The second kappa shape index (κ2) is 9.74. The monoisotopic (exact) mass is 461 g/mol. The van der Waals surface area contributed by atoms with Crippen molar-refractivity contribution < 1.29 is 23.4 Å². The van der Waals surface area contributed by atoms with Crippen molar-refractivity contribution in [3.8, 4) is 5.75 Å². The molecule has 0 unspecified atom stereocenters. The molecule has 2 atom stereocenters. The number of hydrogen-bond donors (Lipinski definition) is 2. The quantitative estimate of drug-likeness (QED) is 0.554. The van der Waals surface area contributed by atoms with Gasteiger partial charge in [-0.1, -0.05) is 0 Å². The third-order valence-electron chi connectivity index (χ3n) is 5.69. The number of hydrazone groups is 1. The van der Waals surface area contributed by atoms with Gasteiger partial charge < -0.3 is 15.0 Å². The summed E-state index contributed by atoms with van der Waals surface area (Å²) in [7, 11) is 5.51. The van der Waals surface area contributed by atoms with Crippen LogP contribution in [-0.4, -0.2) is 50.0 Å². The summed E-state index contributed by atoms with van der Waals surface area (Å²) >= 11 is 0. The van der Waals surface area contributed by atoms with E-state index in [0.29, 0.717) is 5.75 Å². The summed E-state index contributed by atoms with van der Waals surface area (Å²) < 4.78 is 20.2. The number of halogens is 1. The first kappa shape index (κ1) is 23.0. The van der Waals surface area contributed by atoms with Crippen LogP contribution in [0.25, 0.3) is 0 Å². The van der Waals surface area contributed by atoms with Gasteiger partial charge in [-0.3, -0.25) is 9.59 Å². The van der Waals surface area contributed by atoms with Crippen LogP contribution in [0.2, 0.25) is 0 Å². The highest BCUT2D eigenvalue weighted by atomic mass is 19.1. The lowest BCUT2D eigenvalue weighted by molar-refractivity contribution is -0.596. The average molecular weight is 462 g/mol. The molecule has 0 radical (unpaired) electrons. The van der Waals surface area contributed by atoms with Crippen molar-refractivity contribution in [3.63, 3.8) is 0 Å². The molecule has 4 rings (SSSR count). The van der Waals surface area contributed by atoms with Gasteiger partial charge in [-0.2, -0.15) is 0 Å². The predicted octanol–water partition coefficient (Wildman–Crippen LogP) is 2.92. The largest absolute Gasteiger partial charge is 0.497 e. The normalized spacial score (nSPS) is 18.5. The molecule has 2 N–H and O–H groups in total. The Morgan fingerprint density at radius 2 is 1.68 bits per heavy atom. The van der Waals surface area contributed by atoms with E-state index in [1.165, 1.54) is 24.3 Å². The van der Waals surface area contributed by atoms with Crippen LogP contribution in [0.5, 0.6) is 5.75 Å². The molecule has 2 amide bonds. The molecule has 174 valence electrons. The number of carbonyl (C=O) groups is 2. The second-order valence-electron chi connectivity index (χ2n) is 8.17. The molecule has 0 saturated carbocycles. The lowest BCUT2D eigenvalue weighted by Crippen LogP contribution is -2.42. The Bertz CT molecular complexity index is 1210. The Morgan fingerprint density at radius 1 is 1.03 bits per heavy atom. The van der Waals surface area contributed by atoms with Crippen molar-refractivity contribution in [2.75, 3.05) is 26.1 Å². The van der Waals surface area contributed by atoms with Crippen LogP contribution in [0.3, 0.4) is 0 Å². The maximum Gasteiger partial charge on any atom is 0.304 e. The van der Waals surface area contributed by atoms with Gasteiger partial charge in [0.2, 0.25) is 12.3 Å². The zero-order valence-corrected chi connectivity index (χ0v) is 19.2. The number of hydrazine groups is 1. The number of anilines is 1. The van der Waals surface area contributed by atoms with Gasteiger partial charge in [0.05, 0.1) is 7.11 Å². The van der Waals surface area contributed by atoms with Crippen molar-refractivity contribution in [1.82, 2.24) is 10.7 Å². The fraction of sp³-hybridized carbons (Fsp3) is 0.192. The van der Waals surface area contributed by atoms with Gasteiger partial charge in [0.15, 0.2) is 6.04 Å². The van der Waals surface area contributed by atoms with Crippen LogP contribution in [0.1, 0.15) is 27.5 Å². The molecular weight excluding hydrogens is 435 g/mol. The number of carbonyl (C=O) groups excluding carboxylic acids is 2. The van der Waals surface area contributed by atoms with Crippen molar-refractivity contribution in [1.29, 1.82) is 0 Å². The topological polar surface area (TPSA) is 73.7 Å². The molecule has 3 aromatic carbocycles. The molecule has 3 aromatic rings. The standard InChI is InChI=1S/C26H25FN4O3/c1-30(2)21-12-4-17(5-13-21)16-31-24(18-8-14-22(34-3)15-9-18)23(26(33)29-31)28-25(32)19-6-10-20(27)11-7-19/h4-16,23-24H,1-3H3,(H-,28,29,32,33)/p+1/t23-,24-/m0/s1. The van der Waals surface area contributed by atoms with Crippen LogP contribution in [0, 0.1) is 5.82 Å². The molecule has 7 nitrogen and oxygen atoms in total. The molecule has 0 aliphatic carbocycles. The minimum atomic E-state index is -0.872. The Balaban J connectivity index is 1.68. The van der Waals surface area contributed by atoms with Crippen LogP contribution >= 0.6 is 0 Å². The van der Waals surface area contributed by atoms with Gasteiger partial charge in [0.1, 0.15) is 11.6 Å². The lowest BCUT2D eigenvalue weighted by Gasteiger charge is -2.15. The average Bonchev–Trinajstić information content (AvgIpc) is 3.14. The number of nitrogens with one attached hydrogen (secondary N) is 2. The van der Waals surface area contributed by atoms with Gasteiger partial charge in [-0.25, -0.2) is 4.39 Å². The minimum absolute atomic E-state index is 0.268. The Kier molecular flexibility index (Phi) is 6.58. The maximum atomic E-state index is 13.3. The highest BCUT2D eigenvalue weighted by molar-refractivity contribution is 5.98. The van der Waals surface area contributed by atoms with E-state index in [1.54, 1.807) is 23.9 Å². The smallest absolute Gasteiger partial charge is 0.304 e. The van der Waals surface area contributed by atoms with Crippen molar-refractivity contribution in [2.24, 2.45) is 0 Å². The van der Waals surface area contributed by atoms with Gasteiger partial charge in [-0.05, 0) is 72.8 Å².